The van der Waals surface area contributed by atoms with Gasteiger partial charge in [0.2, 0.25) is 5.82 Å². The predicted molar refractivity (Wildman–Crippen MR) is 74.3 cm³/mol. The van der Waals surface area contributed by atoms with Gasteiger partial charge in [-0.3, -0.25) is 4.40 Å². The van der Waals surface area contributed by atoms with Crippen LogP contribution in [0.1, 0.15) is 5.82 Å². The third-order valence-corrected chi connectivity index (χ3v) is 3.71. The van der Waals surface area contributed by atoms with Crippen LogP contribution in [0.4, 0.5) is 0 Å². The Balaban J connectivity index is 1.81. The molecule has 0 saturated heterocycles. The van der Waals surface area contributed by atoms with E-state index in [4.69, 9.17) is 4.52 Å². The molecule has 4 heterocycles. The van der Waals surface area contributed by atoms with Crippen LogP contribution in [-0.4, -0.2) is 24.7 Å². The summed E-state index contributed by atoms with van der Waals surface area (Å²) >= 11 is 1.60. The van der Waals surface area contributed by atoms with Crippen molar-refractivity contribution in [3.05, 3.63) is 41.0 Å². The van der Waals surface area contributed by atoms with Crippen molar-refractivity contribution >= 4 is 17.0 Å². The number of aromatic nitrogens is 5. The van der Waals surface area contributed by atoms with E-state index in [1.54, 1.807) is 11.3 Å². The molecule has 0 spiro atoms. The van der Waals surface area contributed by atoms with E-state index in [2.05, 4.69) is 20.3 Å². The molecular weight excluding hydrogens is 274 g/mol. The summed E-state index contributed by atoms with van der Waals surface area (Å²) in [4.78, 5) is 4.42. The van der Waals surface area contributed by atoms with E-state index in [-0.39, 0.29) is 0 Å². The summed E-state index contributed by atoms with van der Waals surface area (Å²) in [6.45, 7) is 1.90. The second-order valence-electron chi connectivity index (χ2n) is 4.33. The summed E-state index contributed by atoms with van der Waals surface area (Å²) in [5.41, 5.74) is 2.61. The number of nitrogens with zero attached hydrogens (tertiary/aromatic N) is 5. The molecule has 0 aliphatic heterocycles. The second-order valence-corrected chi connectivity index (χ2v) is 5.11. The zero-order valence-corrected chi connectivity index (χ0v) is 11.3. The van der Waals surface area contributed by atoms with Crippen LogP contribution in [0, 0.1) is 6.92 Å². The number of hydrogen-bond donors (Lipinski definition) is 0. The number of fused-ring (bicyclic) bond motifs is 1. The van der Waals surface area contributed by atoms with E-state index in [0.29, 0.717) is 11.7 Å². The molecule has 0 bridgehead atoms. The normalized spacial score (nSPS) is 11.2. The lowest BCUT2D eigenvalue weighted by Gasteiger charge is -1.97. The lowest BCUT2D eigenvalue weighted by Crippen LogP contribution is -1.90. The highest BCUT2D eigenvalue weighted by atomic mass is 32.1. The summed E-state index contributed by atoms with van der Waals surface area (Å²) in [6, 6.07) is 5.75. The highest BCUT2D eigenvalue weighted by Gasteiger charge is 2.12. The molecule has 20 heavy (non-hydrogen) atoms. The van der Waals surface area contributed by atoms with Crippen molar-refractivity contribution in [3.63, 3.8) is 0 Å². The smallest absolute Gasteiger partial charge is 0.259 e. The molecule has 0 aromatic carbocycles. The minimum atomic E-state index is 0.529. The van der Waals surface area contributed by atoms with Gasteiger partial charge in [-0.2, -0.15) is 16.3 Å². The van der Waals surface area contributed by atoms with Crippen LogP contribution in [0.15, 0.2) is 39.7 Å². The summed E-state index contributed by atoms with van der Waals surface area (Å²) in [7, 11) is 0. The molecule has 0 saturated carbocycles. The van der Waals surface area contributed by atoms with Crippen LogP contribution < -0.4 is 0 Å². The molecule has 0 atom stereocenters. The van der Waals surface area contributed by atoms with Gasteiger partial charge < -0.3 is 4.52 Å². The average molecular weight is 283 g/mol. The van der Waals surface area contributed by atoms with Crippen LogP contribution in [0.25, 0.3) is 28.5 Å². The number of thiophene rings is 1. The number of rotatable bonds is 2. The first-order valence-electron chi connectivity index (χ1n) is 5.99. The average Bonchev–Trinajstić information content (AvgIpc) is 3.18. The zero-order valence-electron chi connectivity index (χ0n) is 10.5. The molecule has 6 nitrogen and oxygen atoms in total. The monoisotopic (exact) mass is 283 g/mol. The first-order chi connectivity index (χ1) is 9.81. The molecule has 4 aromatic heterocycles. The quantitative estimate of drug-likeness (QED) is 0.566. The van der Waals surface area contributed by atoms with E-state index >= 15 is 0 Å². The number of hydrogen-bond acceptors (Lipinski definition) is 6. The Labute approximate surface area is 117 Å². The van der Waals surface area contributed by atoms with Crippen molar-refractivity contribution in [1.29, 1.82) is 0 Å². The third-order valence-electron chi connectivity index (χ3n) is 3.03. The molecule has 0 unspecified atom stereocenters. The standard InChI is InChI=1S/C13H9N5OS/c1-8-15-16-11-3-2-9(6-18(8)11)12-14-13(19-17-12)10-4-5-20-7-10/h2-7H,1H3. The van der Waals surface area contributed by atoms with Crippen molar-refractivity contribution in [3.8, 4) is 22.8 Å². The van der Waals surface area contributed by atoms with Gasteiger partial charge in [0.05, 0.1) is 5.56 Å². The minimum Gasteiger partial charge on any atom is -0.334 e. The van der Waals surface area contributed by atoms with Gasteiger partial charge in [-0.05, 0) is 30.5 Å². The van der Waals surface area contributed by atoms with Gasteiger partial charge in [-0.15, -0.1) is 10.2 Å². The van der Waals surface area contributed by atoms with Crippen LogP contribution in [0.3, 0.4) is 0 Å². The van der Waals surface area contributed by atoms with E-state index in [0.717, 1.165) is 22.6 Å². The van der Waals surface area contributed by atoms with Crippen molar-refractivity contribution in [2.45, 2.75) is 6.92 Å². The van der Waals surface area contributed by atoms with Crippen molar-refractivity contribution in [2.75, 3.05) is 0 Å². The maximum atomic E-state index is 5.29. The van der Waals surface area contributed by atoms with Gasteiger partial charge in [0.15, 0.2) is 5.65 Å². The highest BCUT2D eigenvalue weighted by Crippen LogP contribution is 2.24. The van der Waals surface area contributed by atoms with E-state index in [1.165, 1.54) is 0 Å². The summed E-state index contributed by atoms with van der Waals surface area (Å²) in [5.74, 6) is 1.91. The molecule has 0 aliphatic rings. The van der Waals surface area contributed by atoms with Crippen LogP contribution >= 0.6 is 11.3 Å². The second kappa shape index (κ2) is 4.24. The van der Waals surface area contributed by atoms with Gasteiger partial charge in [-0.25, -0.2) is 0 Å². The zero-order chi connectivity index (χ0) is 13.5. The fourth-order valence-electron chi connectivity index (χ4n) is 1.98. The van der Waals surface area contributed by atoms with Gasteiger partial charge in [-0.1, -0.05) is 5.16 Å². The minimum absolute atomic E-state index is 0.529. The first kappa shape index (κ1) is 11.3. The summed E-state index contributed by atoms with van der Waals surface area (Å²) in [5, 5.41) is 16.1. The fourth-order valence-corrected chi connectivity index (χ4v) is 2.61. The molecule has 0 N–H and O–H groups in total. The van der Waals surface area contributed by atoms with Gasteiger partial charge in [0, 0.05) is 17.1 Å². The maximum Gasteiger partial charge on any atom is 0.259 e. The molecule has 0 fully saturated rings. The van der Waals surface area contributed by atoms with Crippen LogP contribution in [-0.2, 0) is 0 Å². The lowest BCUT2D eigenvalue weighted by atomic mass is 10.2. The molecule has 7 heteroatoms. The Morgan fingerprint density at radius 1 is 1.15 bits per heavy atom. The molecule has 0 aliphatic carbocycles. The highest BCUT2D eigenvalue weighted by molar-refractivity contribution is 7.08. The van der Waals surface area contributed by atoms with Gasteiger partial charge in [0.1, 0.15) is 5.82 Å². The molecule has 4 aromatic rings. The fraction of sp³-hybridized carbons (Fsp3) is 0.0769. The third kappa shape index (κ3) is 1.71. The molecule has 4 rings (SSSR count). The first-order valence-corrected chi connectivity index (χ1v) is 6.93. The van der Waals surface area contributed by atoms with Crippen LogP contribution in [0.5, 0.6) is 0 Å². The van der Waals surface area contributed by atoms with Gasteiger partial charge in [0.25, 0.3) is 5.89 Å². The SMILES string of the molecule is Cc1nnc2ccc(-c3noc(-c4ccsc4)n3)cn12. The topological polar surface area (TPSA) is 69.1 Å². The van der Waals surface area contributed by atoms with E-state index in [1.807, 2.05) is 46.5 Å². The number of aryl methyl sites for hydroxylation is 1. The molecule has 0 radical (unpaired) electrons. The lowest BCUT2D eigenvalue weighted by molar-refractivity contribution is 0.432. The maximum absolute atomic E-state index is 5.29. The van der Waals surface area contributed by atoms with Crippen molar-refractivity contribution in [1.82, 2.24) is 24.7 Å². The Hall–Kier alpha value is -2.54. The van der Waals surface area contributed by atoms with E-state index in [9.17, 15) is 0 Å². The van der Waals surface area contributed by atoms with E-state index < -0.39 is 0 Å². The Kier molecular flexibility index (Phi) is 2.40. The number of pyridine rings is 1. The Morgan fingerprint density at radius 3 is 2.95 bits per heavy atom. The largest absolute Gasteiger partial charge is 0.334 e. The molecule has 0 amide bonds. The van der Waals surface area contributed by atoms with Gasteiger partial charge >= 0.3 is 0 Å². The van der Waals surface area contributed by atoms with Crippen molar-refractivity contribution in [2.24, 2.45) is 0 Å². The van der Waals surface area contributed by atoms with Crippen molar-refractivity contribution < 1.29 is 4.52 Å². The molecular formula is C13H9N5OS. The molecule has 98 valence electrons. The summed E-state index contributed by atoms with van der Waals surface area (Å²) < 4.78 is 7.19. The summed E-state index contributed by atoms with van der Waals surface area (Å²) in [6.07, 6.45) is 1.91. The van der Waals surface area contributed by atoms with Crippen LogP contribution in [0.2, 0.25) is 0 Å². The predicted octanol–water partition coefficient (Wildman–Crippen LogP) is 2.82. The Morgan fingerprint density at radius 2 is 2.10 bits per heavy atom. The Bertz CT molecular complexity index is 877.